The first-order valence-electron chi connectivity index (χ1n) is 7.94. The number of nitrogens with zero attached hydrogens (tertiary/aromatic N) is 1. The van der Waals surface area contributed by atoms with Gasteiger partial charge in [0, 0.05) is 5.56 Å². The summed E-state index contributed by atoms with van der Waals surface area (Å²) in [4.78, 5) is 16.3. The first-order valence-corrected chi connectivity index (χ1v) is 8.31. The number of nitrogen functional groups attached to an aromatic ring is 1. The van der Waals surface area contributed by atoms with E-state index in [-0.39, 0.29) is 18.3 Å². The van der Waals surface area contributed by atoms with E-state index in [0.29, 0.717) is 46.1 Å². The Kier molecular flexibility index (Phi) is 8.48. The fourth-order valence-electron chi connectivity index (χ4n) is 2.07. The molecular weight excluding hydrogens is 377 g/mol. The van der Waals surface area contributed by atoms with E-state index in [1.807, 2.05) is 0 Å². The lowest BCUT2D eigenvalue weighted by molar-refractivity contribution is 0.102. The van der Waals surface area contributed by atoms with Gasteiger partial charge in [0.15, 0.2) is 11.5 Å². The van der Waals surface area contributed by atoms with Crippen molar-refractivity contribution < 1.29 is 14.3 Å². The Balaban J connectivity index is 0.00000338. The first-order chi connectivity index (χ1) is 11.9. The van der Waals surface area contributed by atoms with E-state index in [2.05, 4.69) is 24.1 Å². The molecule has 0 atom stereocenters. The van der Waals surface area contributed by atoms with Crippen LogP contribution in [0.3, 0.4) is 0 Å². The van der Waals surface area contributed by atoms with Crippen molar-refractivity contribution in [2.45, 2.75) is 20.3 Å². The van der Waals surface area contributed by atoms with Crippen molar-refractivity contribution in [2.24, 2.45) is 5.92 Å². The summed E-state index contributed by atoms with van der Waals surface area (Å²) in [5.41, 5.74) is 6.42. The lowest BCUT2D eigenvalue weighted by atomic mass is 10.1. The highest BCUT2D eigenvalue weighted by atomic mass is 35.5. The van der Waals surface area contributed by atoms with Gasteiger partial charge in [0.2, 0.25) is 0 Å². The second kappa shape index (κ2) is 10.1. The van der Waals surface area contributed by atoms with E-state index in [1.54, 1.807) is 24.3 Å². The highest BCUT2D eigenvalue weighted by molar-refractivity contribution is 6.32. The second-order valence-corrected chi connectivity index (χ2v) is 6.35. The highest BCUT2D eigenvalue weighted by Gasteiger charge is 2.16. The minimum Gasteiger partial charge on any atom is -0.493 e. The van der Waals surface area contributed by atoms with Gasteiger partial charge in [-0.15, -0.1) is 12.4 Å². The zero-order chi connectivity index (χ0) is 18.4. The normalized spacial score (nSPS) is 10.2. The van der Waals surface area contributed by atoms with Gasteiger partial charge in [-0.3, -0.25) is 4.79 Å². The molecule has 8 heteroatoms. The number of pyridine rings is 1. The summed E-state index contributed by atoms with van der Waals surface area (Å²) in [6.45, 7) is 4.75. The number of nitrogens with two attached hydrogens (primary N) is 1. The quantitative estimate of drug-likeness (QED) is 0.718. The fourth-order valence-corrected chi connectivity index (χ4v) is 2.34. The van der Waals surface area contributed by atoms with Crippen molar-refractivity contribution in [1.82, 2.24) is 4.98 Å². The Labute approximate surface area is 164 Å². The molecule has 0 bridgehead atoms. The van der Waals surface area contributed by atoms with Crippen LogP contribution >= 0.6 is 24.0 Å². The van der Waals surface area contributed by atoms with Gasteiger partial charge in [-0.2, -0.15) is 0 Å². The monoisotopic (exact) mass is 399 g/mol. The molecule has 1 heterocycles. The number of rotatable bonds is 7. The minimum atomic E-state index is -0.333. The molecule has 26 heavy (non-hydrogen) atoms. The molecule has 0 radical (unpaired) electrons. The lowest BCUT2D eigenvalue weighted by Crippen LogP contribution is -2.13. The van der Waals surface area contributed by atoms with Crippen molar-refractivity contribution >= 4 is 41.4 Å². The minimum absolute atomic E-state index is 0. The van der Waals surface area contributed by atoms with Gasteiger partial charge in [-0.25, -0.2) is 4.98 Å². The maximum atomic E-state index is 12.4. The van der Waals surface area contributed by atoms with Crippen molar-refractivity contribution in [3.8, 4) is 11.5 Å². The van der Waals surface area contributed by atoms with Crippen molar-refractivity contribution in [3.05, 3.63) is 41.0 Å². The van der Waals surface area contributed by atoms with Gasteiger partial charge in [-0.1, -0.05) is 25.4 Å². The Bertz CT molecular complexity index is 737. The van der Waals surface area contributed by atoms with Gasteiger partial charge in [0.1, 0.15) is 5.82 Å². The number of nitrogens with one attached hydrogen (secondary N) is 1. The van der Waals surface area contributed by atoms with Crippen LogP contribution in [0.15, 0.2) is 30.5 Å². The Hall–Kier alpha value is -2.18. The molecule has 0 aliphatic heterocycles. The third kappa shape index (κ3) is 5.97. The van der Waals surface area contributed by atoms with Crippen LogP contribution in [0.1, 0.15) is 30.6 Å². The first kappa shape index (κ1) is 21.9. The van der Waals surface area contributed by atoms with Crippen LogP contribution < -0.4 is 20.5 Å². The molecule has 1 amide bonds. The summed E-state index contributed by atoms with van der Waals surface area (Å²) in [7, 11) is 1.51. The number of methoxy groups -OCH3 is 1. The van der Waals surface area contributed by atoms with Crippen molar-refractivity contribution in [3.63, 3.8) is 0 Å². The number of hydrogen-bond donors (Lipinski definition) is 2. The molecule has 2 rings (SSSR count). The third-order valence-electron chi connectivity index (χ3n) is 3.48. The number of amides is 1. The van der Waals surface area contributed by atoms with Gasteiger partial charge in [-0.05, 0) is 36.6 Å². The molecule has 2 aromatic rings. The van der Waals surface area contributed by atoms with E-state index >= 15 is 0 Å². The zero-order valence-corrected chi connectivity index (χ0v) is 16.5. The molecule has 6 nitrogen and oxygen atoms in total. The molecule has 0 fully saturated rings. The zero-order valence-electron chi connectivity index (χ0n) is 14.9. The van der Waals surface area contributed by atoms with Crippen LogP contribution in [0.2, 0.25) is 5.02 Å². The Morgan fingerprint density at radius 3 is 2.65 bits per heavy atom. The third-order valence-corrected chi connectivity index (χ3v) is 3.76. The summed E-state index contributed by atoms with van der Waals surface area (Å²) >= 11 is 6.28. The van der Waals surface area contributed by atoms with Crippen LogP contribution in [-0.4, -0.2) is 24.6 Å². The van der Waals surface area contributed by atoms with Gasteiger partial charge in [0.05, 0.1) is 30.6 Å². The average Bonchev–Trinajstić information content (AvgIpc) is 2.57. The average molecular weight is 400 g/mol. The molecule has 142 valence electrons. The maximum absolute atomic E-state index is 12.4. The predicted octanol–water partition coefficient (Wildman–Crippen LogP) is 4.42. The van der Waals surface area contributed by atoms with Crippen LogP contribution in [0.4, 0.5) is 11.5 Å². The van der Waals surface area contributed by atoms with Gasteiger partial charge < -0.3 is 20.5 Å². The topological polar surface area (TPSA) is 86.5 Å². The van der Waals surface area contributed by atoms with Gasteiger partial charge >= 0.3 is 0 Å². The molecule has 0 aliphatic rings. The van der Waals surface area contributed by atoms with E-state index in [0.717, 1.165) is 6.42 Å². The molecule has 0 saturated carbocycles. The smallest absolute Gasteiger partial charge is 0.255 e. The molecule has 1 aromatic carbocycles. The van der Waals surface area contributed by atoms with Crippen LogP contribution in [-0.2, 0) is 0 Å². The number of halogens is 2. The molecule has 0 unspecified atom stereocenters. The number of hydrogen-bond acceptors (Lipinski definition) is 5. The number of ether oxygens (including phenoxy) is 2. The second-order valence-electron chi connectivity index (χ2n) is 5.95. The summed E-state index contributed by atoms with van der Waals surface area (Å²) in [5, 5.41) is 3.05. The van der Waals surface area contributed by atoms with Gasteiger partial charge in [0.25, 0.3) is 5.91 Å². The van der Waals surface area contributed by atoms with Crippen molar-refractivity contribution in [1.29, 1.82) is 0 Å². The molecule has 0 spiro atoms. The SMILES string of the molecule is COc1cc(C(=O)Nc2ccc(N)nc2)cc(Cl)c1OCCC(C)C.Cl. The van der Waals surface area contributed by atoms with E-state index < -0.39 is 0 Å². The molecule has 0 aliphatic carbocycles. The molecule has 3 N–H and O–H groups in total. The number of carbonyl (C=O) groups excluding carboxylic acids is 1. The summed E-state index contributed by atoms with van der Waals surface area (Å²) < 4.78 is 11.0. The predicted molar refractivity (Wildman–Crippen MR) is 107 cm³/mol. The fraction of sp³-hybridized carbons (Fsp3) is 0.333. The number of aromatic nitrogens is 1. The van der Waals surface area contributed by atoms with E-state index in [4.69, 9.17) is 26.8 Å². The molecule has 0 saturated heterocycles. The Morgan fingerprint density at radius 2 is 2.08 bits per heavy atom. The summed E-state index contributed by atoms with van der Waals surface area (Å²) in [5.74, 6) is 1.42. The number of carbonyl (C=O) groups is 1. The summed E-state index contributed by atoms with van der Waals surface area (Å²) in [6, 6.07) is 6.42. The standard InChI is InChI=1S/C18H22ClN3O3.ClH/c1-11(2)6-7-25-17-14(19)8-12(9-15(17)24-3)18(23)22-13-4-5-16(20)21-10-13;/h4-5,8-11H,6-7H2,1-3H3,(H2,20,21)(H,22,23);1H. The van der Waals surface area contributed by atoms with Crippen LogP contribution in [0.5, 0.6) is 11.5 Å². The largest absolute Gasteiger partial charge is 0.493 e. The Morgan fingerprint density at radius 1 is 1.35 bits per heavy atom. The summed E-state index contributed by atoms with van der Waals surface area (Å²) in [6.07, 6.45) is 2.38. The van der Waals surface area contributed by atoms with E-state index in [9.17, 15) is 4.79 Å². The lowest BCUT2D eigenvalue weighted by Gasteiger charge is -2.15. The van der Waals surface area contributed by atoms with E-state index in [1.165, 1.54) is 13.3 Å². The highest BCUT2D eigenvalue weighted by Crippen LogP contribution is 2.36. The number of anilines is 2. The molecule has 1 aromatic heterocycles. The maximum Gasteiger partial charge on any atom is 0.255 e. The van der Waals surface area contributed by atoms with Crippen molar-refractivity contribution in [2.75, 3.05) is 24.8 Å². The number of benzene rings is 1. The van der Waals surface area contributed by atoms with Crippen LogP contribution in [0.25, 0.3) is 0 Å². The van der Waals surface area contributed by atoms with Crippen LogP contribution in [0, 0.1) is 5.92 Å². The molecular formula is C18H23Cl2N3O3.